The topological polar surface area (TPSA) is 37.3 Å². The molecule has 1 unspecified atom stereocenters. The lowest BCUT2D eigenvalue weighted by molar-refractivity contribution is -0.138. The zero-order valence-corrected chi connectivity index (χ0v) is 12.4. The summed E-state index contributed by atoms with van der Waals surface area (Å²) in [5.41, 5.74) is 2.02. The van der Waals surface area contributed by atoms with Gasteiger partial charge in [0.25, 0.3) is 0 Å². The molecule has 0 aliphatic heterocycles. The first-order chi connectivity index (χ1) is 10.0. The lowest BCUT2D eigenvalue weighted by atomic mass is 9.91. The third-order valence-electron chi connectivity index (χ3n) is 3.56. The number of carboxylic acids is 1. The Hall–Kier alpha value is -1.87. The van der Waals surface area contributed by atoms with Gasteiger partial charge in [0.1, 0.15) is 5.82 Å². The zero-order chi connectivity index (χ0) is 15.4. The van der Waals surface area contributed by atoms with Gasteiger partial charge < -0.3 is 5.11 Å². The lowest BCUT2D eigenvalue weighted by Gasteiger charge is -2.15. The molecule has 1 atom stereocenters. The van der Waals surface area contributed by atoms with E-state index in [1.165, 1.54) is 12.1 Å². The average Bonchev–Trinajstić information content (AvgIpc) is 2.47. The van der Waals surface area contributed by atoms with Crippen LogP contribution in [0.2, 0.25) is 5.02 Å². The molecule has 0 aliphatic rings. The number of benzene rings is 2. The zero-order valence-electron chi connectivity index (χ0n) is 11.6. The molecule has 1 N–H and O–H groups in total. The molecule has 2 aromatic rings. The molecule has 0 saturated carbocycles. The van der Waals surface area contributed by atoms with E-state index in [4.69, 9.17) is 11.6 Å². The molecule has 110 valence electrons. The van der Waals surface area contributed by atoms with Crippen LogP contribution in [0.5, 0.6) is 0 Å². The van der Waals surface area contributed by atoms with Crippen LogP contribution in [0.4, 0.5) is 4.39 Å². The molecule has 0 amide bonds. The molecule has 0 aromatic heterocycles. The Morgan fingerprint density at radius 3 is 2.43 bits per heavy atom. The van der Waals surface area contributed by atoms with Crippen molar-refractivity contribution in [3.8, 4) is 0 Å². The SMILES string of the molecule is CCc1ccc(C(Cc2c(F)cccc2Cl)C(=O)O)cc1. The van der Waals surface area contributed by atoms with Crippen LogP contribution in [-0.2, 0) is 17.6 Å². The van der Waals surface area contributed by atoms with Crippen LogP contribution in [0.1, 0.15) is 29.5 Å². The first-order valence-electron chi connectivity index (χ1n) is 6.77. The molecule has 0 bridgehead atoms. The van der Waals surface area contributed by atoms with Gasteiger partial charge in [0.2, 0.25) is 0 Å². The maximum atomic E-state index is 13.8. The summed E-state index contributed by atoms with van der Waals surface area (Å²) in [7, 11) is 0. The van der Waals surface area contributed by atoms with Crippen molar-refractivity contribution in [2.24, 2.45) is 0 Å². The van der Waals surface area contributed by atoms with Crippen molar-refractivity contribution in [1.29, 1.82) is 0 Å². The summed E-state index contributed by atoms with van der Waals surface area (Å²) in [5.74, 6) is -2.28. The summed E-state index contributed by atoms with van der Waals surface area (Å²) in [6, 6.07) is 11.7. The first kappa shape index (κ1) is 15.5. The second-order valence-corrected chi connectivity index (χ2v) is 5.30. The van der Waals surface area contributed by atoms with Crippen LogP contribution < -0.4 is 0 Å². The highest BCUT2D eigenvalue weighted by Gasteiger charge is 2.23. The number of carbonyl (C=O) groups is 1. The van der Waals surface area contributed by atoms with E-state index in [0.717, 1.165) is 12.0 Å². The first-order valence-corrected chi connectivity index (χ1v) is 7.15. The van der Waals surface area contributed by atoms with Gasteiger partial charge in [-0.2, -0.15) is 0 Å². The van der Waals surface area contributed by atoms with Gasteiger partial charge in [0.05, 0.1) is 5.92 Å². The summed E-state index contributed by atoms with van der Waals surface area (Å²) < 4.78 is 13.8. The lowest BCUT2D eigenvalue weighted by Crippen LogP contribution is -2.15. The molecule has 2 nitrogen and oxygen atoms in total. The third kappa shape index (κ3) is 3.61. The van der Waals surface area contributed by atoms with Gasteiger partial charge >= 0.3 is 5.97 Å². The van der Waals surface area contributed by atoms with Crippen LogP contribution in [-0.4, -0.2) is 11.1 Å². The minimum Gasteiger partial charge on any atom is -0.481 e. The Bertz CT molecular complexity index is 617. The fourth-order valence-electron chi connectivity index (χ4n) is 2.26. The number of rotatable bonds is 5. The maximum absolute atomic E-state index is 13.8. The van der Waals surface area contributed by atoms with E-state index in [-0.39, 0.29) is 17.0 Å². The van der Waals surface area contributed by atoms with E-state index in [2.05, 4.69) is 0 Å². The van der Waals surface area contributed by atoms with Crippen LogP contribution in [0.3, 0.4) is 0 Å². The Morgan fingerprint density at radius 2 is 1.90 bits per heavy atom. The molecule has 2 rings (SSSR count). The van der Waals surface area contributed by atoms with Gasteiger partial charge in [-0.25, -0.2) is 4.39 Å². The highest BCUT2D eigenvalue weighted by molar-refractivity contribution is 6.31. The molecular weight excluding hydrogens is 291 g/mol. The molecule has 0 aliphatic carbocycles. The summed E-state index contributed by atoms with van der Waals surface area (Å²) >= 11 is 5.98. The van der Waals surface area contributed by atoms with E-state index in [0.29, 0.717) is 5.56 Å². The largest absolute Gasteiger partial charge is 0.481 e. The van der Waals surface area contributed by atoms with Crippen molar-refractivity contribution in [3.63, 3.8) is 0 Å². The molecule has 21 heavy (non-hydrogen) atoms. The van der Waals surface area contributed by atoms with E-state index >= 15 is 0 Å². The molecule has 0 heterocycles. The van der Waals surface area contributed by atoms with Crippen LogP contribution in [0.25, 0.3) is 0 Å². The second kappa shape index (κ2) is 6.72. The van der Waals surface area contributed by atoms with Crippen LogP contribution in [0, 0.1) is 5.82 Å². The van der Waals surface area contributed by atoms with Gasteiger partial charge in [0.15, 0.2) is 0 Å². The van der Waals surface area contributed by atoms with Crippen molar-refractivity contribution in [2.45, 2.75) is 25.7 Å². The van der Waals surface area contributed by atoms with Crippen LogP contribution >= 0.6 is 11.6 Å². The third-order valence-corrected chi connectivity index (χ3v) is 3.91. The Morgan fingerprint density at radius 1 is 1.24 bits per heavy atom. The van der Waals surface area contributed by atoms with Crippen molar-refractivity contribution in [3.05, 3.63) is 70.0 Å². The van der Waals surface area contributed by atoms with E-state index in [1.807, 2.05) is 19.1 Å². The van der Waals surface area contributed by atoms with E-state index in [1.54, 1.807) is 18.2 Å². The smallest absolute Gasteiger partial charge is 0.311 e. The molecule has 0 fully saturated rings. The van der Waals surface area contributed by atoms with Crippen molar-refractivity contribution in [2.75, 3.05) is 0 Å². The highest BCUT2D eigenvalue weighted by Crippen LogP contribution is 2.27. The minimum absolute atomic E-state index is 0.0340. The predicted molar refractivity (Wildman–Crippen MR) is 81.3 cm³/mol. The van der Waals surface area contributed by atoms with Gasteiger partial charge in [-0.1, -0.05) is 48.9 Å². The summed E-state index contributed by atoms with van der Waals surface area (Å²) in [6.45, 7) is 2.03. The summed E-state index contributed by atoms with van der Waals surface area (Å²) in [6.07, 6.45) is 0.920. The van der Waals surface area contributed by atoms with Crippen molar-refractivity contribution in [1.82, 2.24) is 0 Å². The fourth-order valence-corrected chi connectivity index (χ4v) is 2.51. The van der Waals surface area contributed by atoms with Gasteiger partial charge in [-0.3, -0.25) is 4.79 Å². The fraction of sp³-hybridized carbons (Fsp3) is 0.235. The molecule has 4 heteroatoms. The summed E-state index contributed by atoms with van der Waals surface area (Å²) in [5, 5.41) is 9.69. The molecule has 2 aromatic carbocycles. The predicted octanol–water partition coefficient (Wildman–Crippen LogP) is 4.45. The molecule has 0 saturated heterocycles. The molecule has 0 radical (unpaired) electrons. The number of hydrogen-bond donors (Lipinski definition) is 1. The normalized spacial score (nSPS) is 12.1. The second-order valence-electron chi connectivity index (χ2n) is 4.89. The Balaban J connectivity index is 2.33. The van der Waals surface area contributed by atoms with Gasteiger partial charge in [0, 0.05) is 10.6 Å². The van der Waals surface area contributed by atoms with Gasteiger partial charge in [-0.15, -0.1) is 0 Å². The number of hydrogen-bond acceptors (Lipinski definition) is 1. The van der Waals surface area contributed by atoms with E-state index in [9.17, 15) is 14.3 Å². The standard InChI is InChI=1S/C17H16ClFO2/c1-2-11-6-8-12(9-7-11)13(17(20)21)10-14-15(18)4-3-5-16(14)19/h3-9,13H,2,10H2,1H3,(H,20,21). The minimum atomic E-state index is -0.987. The monoisotopic (exact) mass is 306 g/mol. The Labute approximate surface area is 128 Å². The number of aryl methyl sites for hydroxylation is 1. The van der Waals surface area contributed by atoms with Crippen molar-refractivity contribution < 1.29 is 14.3 Å². The molecular formula is C17H16ClFO2. The number of halogens is 2. The van der Waals surface area contributed by atoms with Crippen LogP contribution in [0.15, 0.2) is 42.5 Å². The highest BCUT2D eigenvalue weighted by atomic mass is 35.5. The number of aliphatic carboxylic acids is 1. The molecule has 0 spiro atoms. The van der Waals surface area contributed by atoms with Crippen molar-refractivity contribution >= 4 is 17.6 Å². The average molecular weight is 307 g/mol. The summed E-state index contributed by atoms with van der Waals surface area (Å²) in [4.78, 5) is 11.5. The number of carboxylic acid groups (broad SMARTS) is 1. The Kier molecular flexibility index (Phi) is 4.97. The quantitative estimate of drug-likeness (QED) is 0.886. The van der Waals surface area contributed by atoms with E-state index < -0.39 is 17.7 Å². The van der Waals surface area contributed by atoms with Gasteiger partial charge in [-0.05, 0) is 36.1 Å². The maximum Gasteiger partial charge on any atom is 0.311 e.